The molecule has 2 atom stereocenters. The highest BCUT2D eigenvalue weighted by atomic mass is 79.9. The van der Waals surface area contributed by atoms with Gasteiger partial charge >= 0.3 is 0 Å². The van der Waals surface area contributed by atoms with E-state index in [0.717, 1.165) is 10.9 Å². The summed E-state index contributed by atoms with van der Waals surface area (Å²) < 4.78 is 34.6. The Morgan fingerprint density at radius 3 is 2.48 bits per heavy atom. The molecule has 2 heterocycles. The summed E-state index contributed by atoms with van der Waals surface area (Å²) in [4.78, 5) is 13.0. The van der Waals surface area contributed by atoms with Crippen LogP contribution >= 0.6 is 15.9 Å². The summed E-state index contributed by atoms with van der Waals surface area (Å²) in [7, 11) is -3.62. The summed E-state index contributed by atoms with van der Waals surface area (Å²) in [5.41, 5.74) is 1.72. The third-order valence-corrected chi connectivity index (χ3v) is 8.23. The Morgan fingerprint density at radius 1 is 1.13 bits per heavy atom. The molecule has 6 nitrogen and oxygen atoms in total. The van der Waals surface area contributed by atoms with Crippen molar-refractivity contribution in [2.75, 3.05) is 18.4 Å². The van der Waals surface area contributed by atoms with Gasteiger partial charge in [0.2, 0.25) is 10.0 Å². The van der Waals surface area contributed by atoms with Gasteiger partial charge in [-0.1, -0.05) is 26.0 Å². The number of piperidine rings is 1. The van der Waals surface area contributed by atoms with Crippen molar-refractivity contribution in [1.29, 1.82) is 0 Å². The molecule has 3 aromatic rings. The molecule has 0 radical (unpaired) electrons. The fourth-order valence-corrected chi connectivity index (χ4v) is 6.36. The fourth-order valence-electron chi connectivity index (χ4n) is 4.27. The Labute approximate surface area is 190 Å². The van der Waals surface area contributed by atoms with E-state index in [0.29, 0.717) is 47.1 Å². The van der Waals surface area contributed by atoms with Crippen LogP contribution in [0.5, 0.6) is 0 Å². The number of para-hydroxylation sites is 1. The maximum Gasteiger partial charge on any atom is 0.291 e. The predicted octanol–water partition coefficient (Wildman–Crippen LogP) is 5.42. The number of benzene rings is 2. The molecule has 1 amide bonds. The molecule has 1 fully saturated rings. The van der Waals surface area contributed by atoms with Crippen molar-refractivity contribution in [1.82, 2.24) is 4.31 Å². The molecule has 1 N–H and O–H groups in total. The minimum absolute atomic E-state index is 0.167. The molecule has 1 saturated heterocycles. The number of rotatable bonds is 4. The summed E-state index contributed by atoms with van der Waals surface area (Å²) in [6, 6.07) is 12.1. The van der Waals surface area contributed by atoms with Gasteiger partial charge in [-0.2, -0.15) is 4.31 Å². The van der Waals surface area contributed by atoms with Gasteiger partial charge in [-0.3, -0.25) is 4.79 Å². The number of carbonyl (C=O) groups is 1. The maximum atomic E-state index is 13.3. The highest BCUT2D eigenvalue weighted by Gasteiger charge is 2.32. The van der Waals surface area contributed by atoms with Gasteiger partial charge in [0.05, 0.1) is 10.6 Å². The molecule has 0 saturated carbocycles. The second kappa shape index (κ2) is 8.41. The van der Waals surface area contributed by atoms with Crippen LogP contribution in [0.15, 0.2) is 56.2 Å². The van der Waals surface area contributed by atoms with E-state index in [1.807, 2.05) is 18.2 Å². The number of halogens is 1. The number of nitrogens with one attached hydrogen (secondary N) is 1. The van der Waals surface area contributed by atoms with E-state index in [-0.39, 0.29) is 16.6 Å². The summed E-state index contributed by atoms with van der Waals surface area (Å²) in [5, 5.41) is 3.45. The van der Waals surface area contributed by atoms with Gasteiger partial charge in [-0.15, -0.1) is 0 Å². The average Bonchev–Trinajstić information content (AvgIpc) is 3.05. The fraction of sp³-hybridized carbons (Fsp3) is 0.348. The number of carbonyl (C=O) groups excluding carboxylic acids is 1. The summed E-state index contributed by atoms with van der Waals surface area (Å²) in [5.74, 6) is 0.431. The van der Waals surface area contributed by atoms with Gasteiger partial charge in [0.1, 0.15) is 5.58 Å². The second-order valence-electron chi connectivity index (χ2n) is 8.42. The van der Waals surface area contributed by atoms with Crippen molar-refractivity contribution in [3.8, 4) is 0 Å². The number of amides is 1. The van der Waals surface area contributed by atoms with E-state index in [4.69, 9.17) is 4.42 Å². The van der Waals surface area contributed by atoms with E-state index in [1.165, 1.54) is 0 Å². The van der Waals surface area contributed by atoms with Crippen molar-refractivity contribution in [2.24, 2.45) is 11.8 Å². The molecule has 0 bridgehead atoms. The first-order chi connectivity index (χ1) is 14.7. The number of hydrogen-bond donors (Lipinski definition) is 1. The Kier molecular flexibility index (Phi) is 5.98. The van der Waals surface area contributed by atoms with Crippen LogP contribution in [0.2, 0.25) is 0 Å². The molecule has 1 aromatic heterocycles. The first-order valence-electron chi connectivity index (χ1n) is 10.3. The lowest BCUT2D eigenvalue weighted by molar-refractivity contribution is 0.0998. The normalized spacial score (nSPS) is 20.1. The molecule has 1 aliphatic rings. The zero-order valence-electron chi connectivity index (χ0n) is 17.7. The molecule has 8 heteroatoms. The van der Waals surface area contributed by atoms with Crippen LogP contribution < -0.4 is 5.32 Å². The highest BCUT2D eigenvalue weighted by molar-refractivity contribution is 9.10. The molecule has 4 rings (SSSR count). The lowest BCUT2D eigenvalue weighted by atomic mass is 9.94. The first kappa shape index (κ1) is 22.0. The number of furan rings is 1. The first-order valence-corrected chi connectivity index (χ1v) is 12.5. The number of nitrogens with zero attached hydrogens (tertiary/aromatic N) is 1. The van der Waals surface area contributed by atoms with E-state index in [1.54, 1.807) is 35.5 Å². The second-order valence-corrected chi connectivity index (χ2v) is 11.2. The van der Waals surface area contributed by atoms with Crippen molar-refractivity contribution in [2.45, 2.75) is 32.1 Å². The summed E-state index contributed by atoms with van der Waals surface area (Å²) in [6.45, 7) is 6.97. The molecule has 2 aromatic carbocycles. The highest BCUT2D eigenvalue weighted by Crippen LogP contribution is 2.32. The molecule has 1 aliphatic heterocycles. The zero-order valence-corrected chi connectivity index (χ0v) is 20.1. The minimum Gasteiger partial charge on any atom is -0.451 e. The zero-order chi connectivity index (χ0) is 22.3. The molecule has 0 spiro atoms. The summed E-state index contributed by atoms with van der Waals surface area (Å²) in [6.07, 6.45) is 1.03. The Bertz CT molecular complexity index is 1240. The third-order valence-electron chi connectivity index (χ3n) is 5.71. The Balaban J connectivity index is 1.67. The van der Waals surface area contributed by atoms with Crippen LogP contribution in [-0.4, -0.2) is 31.7 Å². The van der Waals surface area contributed by atoms with E-state index < -0.39 is 10.0 Å². The van der Waals surface area contributed by atoms with E-state index in [9.17, 15) is 13.2 Å². The quantitative estimate of drug-likeness (QED) is 0.514. The standard InChI is InChI=1S/C23H25BrN2O4S/c1-14-10-15(2)13-26(12-14)31(28,29)17-8-9-21-18(11-17)16(3)22(30-21)23(27)25-20-7-5-4-6-19(20)24/h4-9,11,14-15H,10,12-13H2,1-3H3,(H,25,27)/t14-,15+. The molecule has 164 valence electrons. The Hall–Kier alpha value is -2.16. The lowest BCUT2D eigenvalue weighted by Gasteiger charge is -2.34. The largest absolute Gasteiger partial charge is 0.451 e. The molecular weight excluding hydrogens is 480 g/mol. The number of anilines is 1. The van der Waals surface area contributed by atoms with Crippen LogP contribution in [0, 0.1) is 18.8 Å². The minimum atomic E-state index is -3.62. The van der Waals surface area contributed by atoms with Crippen LogP contribution in [0.3, 0.4) is 0 Å². The van der Waals surface area contributed by atoms with Crippen molar-refractivity contribution in [3.63, 3.8) is 0 Å². The Morgan fingerprint density at radius 2 is 1.81 bits per heavy atom. The SMILES string of the molecule is Cc1c(C(=O)Nc2ccccc2Br)oc2ccc(S(=O)(=O)N3C[C@H](C)C[C@H](C)C3)cc12. The lowest BCUT2D eigenvalue weighted by Crippen LogP contribution is -2.42. The van der Waals surface area contributed by atoms with Gasteiger partial charge in [0.25, 0.3) is 5.91 Å². The van der Waals surface area contributed by atoms with Gasteiger partial charge < -0.3 is 9.73 Å². The number of aryl methyl sites for hydroxylation is 1. The number of hydrogen-bond acceptors (Lipinski definition) is 4. The van der Waals surface area contributed by atoms with Crippen molar-refractivity contribution >= 4 is 48.5 Å². The van der Waals surface area contributed by atoms with Gasteiger partial charge in [0, 0.05) is 28.5 Å². The van der Waals surface area contributed by atoms with Gasteiger partial charge in [-0.25, -0.2) is 8.42 Å². The molecule has 31 heavy (non-hydrogen) atoms. The average molecular weight is 505 g/mol. The summed E-state index contributed by atoms with van der Waals surface area (Å²) >= 11 is 3.41. The van der Waals surface area contributed by atoms with E-state index >= 15 is 0 Å². The van der Waals surface area contributed by atoms with Crippen LogP contribution in [0.25, 0.3) is 11.0 Å². The predicted molar refractivity (Wildman–Crippen MR) is 125 cm³/mol. The monoisotopic (exact) mass is 504 g/mol. The smallest absolute Gasteiger partial charge is 0.291 e. The topological polar surface area (TPSA) is 79.6 Å². The van der Waals surface area contributed by atoms with Gasteiger partial charge in [-0.05, 0) is 71.4 Å². The van der Waals surface area contributed by atoms with E-state index in [2.05, 4.69) is 35.1 Å². The van der Waals surface area contributed by atoms with Crippen LogP contribution in [0.1, 0.15) is 36.4 Å². The van der Waals surface area contributed by atoms with Gasteiger partial charge in [0.15, 0.2) is 5.76 Å². The number of sulfonamides is 1. The number of fused-ring (bicyclic) bond motifs is 1. The maximum absolute atomic E-state index is 13.3. The third kappa shape index (κ3) is 4.29. The van der Waals surface area contributed by atoms with Crippen LogP contribution in [0.4, 0.5) is 5.69 Å². The molecule has 0 aliphatic carbocycles. The van der Waals surface area contributed by atoms with Crippen molar-refractivity contribution in [3.05, 3.63) is 58.3 Å². The van der Waals surface area contributed by atoms with Crippen LogP contribution in [-0.2, 0) is 10.0 Å². The molecule has 0 unspecified atom stereocenters. The molecular formula is C23H25BrN2O4S. The van der Waals surface area contributed by atoms with Crippen molar-refractivity contribution < 1.29 is 17.6 Å².